The lowest BCUT2D eigenvalue weighted by Gasteiger charge is -2.38. The van der Waals surface area contributed by atoms with Crippen molar-refractivity contribution < 1.29 is 14.3 Å². The van der Waals surface area contributed by atoms with E-state index in [2.05, 4.69) is 15.2 Å². The van der Waals surface area contributed by atoms with Crippen LogP contribution in [0.15, 0.2) is 10.9 Å². The molecule has 1 unspecified atom stereocenters. The third-order valence-electron chi connectivity index (χ3n) is 5.27. The Morgan fingerprint density at radius 2 is 2.07 bits per heavy atom. The maximum Gasteiger partial charge on any atom is 0.319 e. The first kappa shape index (κ1) is 20.0. The SMILES string of the molecule is CN(C)C(=O)N1CCC(N(CCNC(=O)c2cscn2)C2CCOCC2)C1. The highest BCUT2D eigenvalue weighted by atomic mass is 32.1. The van der Waals surface area contributed by atoms with E-state index in [-0.39, 0.29) is 11.9 Å². The van der Waals surface area contributed by atoms with Gasteiger partial charge in [0.15, 0.2) is 0 Å². The molecule has 3 heterocycles. The van der Waals surface area contributed by atoms with Gasteiger partial charge in [0.05, 0.1) is 5.51 Å². The number of rotatable bonds is 6. The Kier molecular flexibility index (Phi) is 7.03. The fourth-order valence-electron chi connectivity index (χ4n) is 3.86. The number of nitrogens with zero attached hydrogens (tertiary/aromatic N) is 4. The van der Waals surface area contributed by atoms with Gasteiger partial charge in [-0.1, -0.05) is 0 Å². The van der Waals surface area contributed by atoms with Gasteiger partial charge in [-0.15, -0.1) is 11.3 Å². The van der Waals surface area contributed by atoms with E-state index >= 15 is 0 Å². The number of ether oxygens (including phenoxy) is 1. The van der Waals surface area contributed by atoms with E-state index < -0.39 is 0 Å². The van der Waals surface area contributed by atoms with Crippen molar-refractivity contribution in [1.29, 1.82) is 0 Å². The van der Waals surface area contributed by atoms with E-state index in [0.717, 1.165) is 52.1 Å². The van der Waals surface area contributed by atoms with Crippen molar-refractivity contribution in [3.63, 3.8) is 0 Å². The average Bonchev–Trinajstić information content (AvgIpc) is 3.37. The third-order valence-corrected chi connectivity index (χ3v) is 5.85. The average molecular weight is 396 g/mol. The number of nitrogens with one attached hydrogen (secondary N) is 1. The maximum atomic E-state index is 12.3. The van der Waals surface area contributed by atoms with E-state index in [4.69, 9.17) is 4.74 Å². The molecule has 2 aliphatic rings. The van der Waals surface area contributed by atoms with Crippen LogP contribution >= 0.6 is 11.3 Å². The lowest BCUT2D eigenvalue weighted by atomic mass is 10.0. The van der Waals surface area contributed by atoms with Crippen LogP contribution in [-0.4, -0.2) is 97.2 Å². The van der Waals surface area contributed by atoms with Crippen LogP contribution < -0.4 is 5.32 Å². The topological polar surface area (TPSA) is 78.0 Å². The summed E-state index contributed by atoms with van der Waals surface area (Å²) in [4.78, 5) is 34.5. The van der Waals surface area contributed by atoms with Gasteiger partial charge in [0.25, 0.3) is 5.91 Å². The van der Waals surface area contributed by atoms with Crippen molar-refractivity contribution in [3.8, 4) is 0 Å². The summed E-state index contributed by atoms with van der Waals surface area (Å²) >= 11 is 1.42. The van der Waals surface area contributed by atoms with E-state index in [1.165, 1.54) is 11.3 Å². The molecule has 2 aliphatic heterocycles. The molecule has 0 radical (unpaired) electrons. The molecule has 8 nitrogen and oxygen atoms in total. The molecule has 0 saturated carbocycles. The molecule has 1 aromatic rings. The van der Waals surface area contributed by atoms with Crippen LogP contribution in [0.4, 0.5) is 4.79 Å². The molecular weight excluding hydrogens is 366 g/mol. The van der Waals surface area contributed by atoms with E-state index in [1.807, 2.05) is 4.90 Å². The van der Waals surface area contributed by atoms with E-state index in [0.29, 0.717) is 24.3 Å². The summed E-state index contributed by atoms with van der Waals surface area (Å²) in [5.41, 5.74) is 2.14. The van der Waals surface area contributed by atoms with Crippen LogP contribution in [0.2, 0.25) is 0 Å². The maximum absolute atomic E-state index is 12.3. The Labute approximate surface area is 164 Å². The first-order chi connectivity index (χ1) is 13.1. The first-order valence-electron chi connectivity index (χ1n) is 9.52. The van der Waals surface area contributed by atoms with Crippen LogP contribution in [0.3, 0.4) is 0 Å². The van der Waals surface area contributed by atoms with Gasteiger partial charge in [0.1, 0.15) is 5.69 Å². The van der Waals surface area contributed by atoms with Crippen LogP contribution in [-0.2, 0) is 4.74 Å². The smallest absolute Gasteiger partial charge is 0.319 e. The van der Waals surface area contributed by atoms with Gasteiger partial charge in [-0.25, -0.2) is 9.78 Å². The van der Waals surface area contributed by atoms with Crippen LogP contribution in [0.25, 0.3) is 0 Å². The zero-order valence-electron chi connectivity index (χ0n) is 16.1. The standard InChI is InChI=1S/C18H29N5O3S/c1-21(2)18(25)22-7-3-15(11-22)23(14-4-9-26-10-5-14)8-6-19-17(24)16-12-27-13-20-16/h12-15H,3-11H2,1-2H3,(H,19,24). The molecule has 2 saturated heterocycles. The van der Waals surface area contributed by atoms with Crippen molar-refractivity contribution in [2.75, 3.05) is 53.5 Å². The van der Waals surface area contributed by atoms with E-state index in [9.17, 15) is 9.59 Å². The third kappa shape index (κ3) is 5.18. The predicted molar refractivity (Wildman–Crippen MR) is 104 cm³/mol. The second kappa shape index (κ2) is 9.48. The molecule has 3 rings (SSSR count). The Hall–Kier alpha value is -1.71. The van der Waals surface area contributed by atoms with Gasteiger partial charge >= 0.3 is 6.03 Å². The lowest BCUT2D eigenvalue weighted by Crippen LogP contribution is -2.50. The van der Waals surface area contributed by atoms with Crippen LogP contribution in [0, 0.1) is 0 Å². The summed E-state index contributed by atoms with van der Waals surface area (Å²) in [5.74, 6) is -0.126. The Morgan fingerprint density at radius 3 is 2.74 bits per heavy atom. The fourth-order valence-corrected chi connectivity index (χ4v) is 4.40. The second-order valence-corrected chi connectivity index (χ2v) is 8.00. The second-order valence-electron chi connectivity index (χ2n) is 7.28. The quantitative estimate of drug-likeness (QED) is 0.781. The Bertz CT molecular complexity index is 619. The predicted octanol–water partition coefficient (Wildman–Crippen LogP) is 1.11. The zero-order chi connectivity index (χ0) is 19.2. The molecule has 1 atom stereocenters. The number of aromatic nitrogens is 1. The number of thiazole rings is 1. The highest BCUT2D eigenvalue weighted by molar-refractivity contribution is 7.07. The molecule has 9 heteroatoms. The van der Waals surface area contributed by atoms with Crippen molar-refractivity contribution in [1.82, 2.24) is 25.0 Å². The molecule has 0 aromatic carbocycles. The summed E-state index contributed by atoms with van der Waals surface area (Å²) in [5, 5.41) is 4.73. The Morgan fingerprint density at radius 1 is 1.30 bits per heavy atom. The molecular formula is C18H29N5O3S. The number of likely N-dealkylation sites (tertiary alicyclic amines) is 1. The minimum atomic E-state index is -0.126. The molecule has 2 fully saturated rings. The van der Waals surface area contributed by atoms with Gasteiger partial charge in [0, 0.05) is 71.0 Å². The van der Waals surface area contributed by atoms with Crippen molar-refractivity contribution >= 4 is 23.3 Å². The molecule has 0 bridgehead atoms. The monoisotopic (exact) mass is 395 g/mol. The summed E-state index contributed by atoms with van der Waals surface area (Å²) < 4.78 is 5.52. The van der Waals surface area contributed by atoms with Crippen molar-refractivity contribution in [2.24, 2.45) is 0 Å². The number of carbonyl (C=O) groups is 2. The summed E-state index contributed by atoms with van der Waals surface area (Å²) in [6, 6.07) is 0.837. The summed E-state index contributed by atoms with van der Waals surface area (Å²) in [7, 11) is 3.58. The number of amides is 3. The summed E-state index contributed by atoms with van der Waals surface area (Å²) in [6.45, 7) is 4.43. The molecule has 150 valence electrons. The van der Waals surface area contributed by atoms with E-state index in [1.54, 1.807) is 29.9 Å². The molecule has 1 N–H and O–H groups in total. The largest absolute Gasteiger partial charge is 0.381 e. The number of hydrogen-bond donors (Lipinski definition) is 1. The molecule has 3 amide bonds. The highest BCUT2D eigenvalue weighted by Crippen LogP contribution is 2.23. The number of urea groups is 1. The minimum Gasteiger partial charge on any atom is -0.381 e. The highest BCUT2D eigenvalue weighted by Gasteiger charge is 2.34. The molecule has 1 aromatic heterocycles. The fraction of sp³-hybridized carbons (Fsp3) is 0.722. The Balaban J connectivity index is 1.57. The van der Waals surface area contributed by atoms with Gasteiger partial charge in [0.2, 0.25) is 0 Å². The van der Waals surface area contributed by atoms with Gasteiger partial charge in [-0.3, -0.25) is 9.69 Å². The minimum absolute atomic E-state index is 0.0706. The molecule has 27 heavy (non-hydrogen) atoms. The molecule has 0 spiro atoms. The number of carbonyl (C=O) groups excluding carboxylic acids is 2. The van der Waals surface area contributed by atoms with Gasteiger partial charge < -0.3 is 19.9 Å². The van der Waals surface area contributed by atoms with Crippen molar-refractivity contribution in [2.45, 2.75) is 31.3 Å². The van der Waals surface area contributed by atoms with Crippen LogP contribution in [0.1, 0.15) is 29.8 Å². The van der Waals surface area contributed by atoms with Gasteiger partial charge in [-0.05, 0) is 19.3 Å². The van der Waals surface area contributed by atoms with Crippen LogP contribution in [0.5, 0.6) is 0 Å². The molecule has 0 aliphatic carbocycles. The first-order valence-corrected chi connectivity index (χ1v) is 10.5. The normalized spacial score (nSPS) is 20.9. The summed E-state index contributed by atoms with van der Waals surface area (Å²) in [6.07, 6.45) is 2.97. The lowest BCUT2D eigenvalue weighted by molar-refractivity contribution is 0.0188. The zero-order valence-corrected chi connectivity index (χ0v) is 16.9. The van der Waals surface area contributed by atoms with Crippen molar-refractivity contribution in [3.05, 3.63) is 16.6 Å². The number of hydrogen-bond acceptors (Lipinski definition) is 6. The van der Waals surface area contributed by atoms with Gasteiger partial charge in [-0.2, -0.15) is 0 Å².